The van der Waals surface area contributed by atoms with Crippen LogP contribution >= 0.6 is 0 Å². The van der Waals surface area contributed by atoms with Gasteiger partial charge in [-0.3, -0.25) is 4.79 Å². The van der Waals surface area contributed by atoms with Crippen molar-refractivity contribution < 1.29 is 22.7 Å². The van der Waals surface area contributed by atoms with Crippen molar-refractivity contribution in [1.29, 1.82) is 0 Å². The molecular formula is C7H6F3N3O2. The third kappa shape index (κ3) is 2.73. The SMILES string of the molecule is NC(=O)c1ccnc(N)c1OC(F)(F)F. The predicted octanol–water partition coefficient (Wildman–Crippen LogP) is 0.661. The van der Waals surface area contributed by atoms with E-state index in [1.54, 1.807) is 0 Å². The van der Waals surface area contributed by atoms with Crippen LogP contribution in [0.15, 0.2) is 12.3 Å². The van der Waals surface area contributed by atoms with Gasteiger partial charge in [-0.25, -0.2) is 4.98 Å². The van der Waals surface area contributed by atoms with Gasteiger partial charge in [-0.15, -0.1) is 13.2 Å². The van der Waals surface area contributed by atoms with Crippen LogP contribution in [0, 0.1) is 0 Å². The highest BCUT2D eigenvalue weighted by molar-refractivity contribution is 5.96. The Morgan fingerprint density at radius 2 is 2.07 bits per heavy atom. The number of hydrogen-bond donors (Lipinski definition) is 2. The first kappa shape index (κ1) is 11.1. The number of pyridine rings is 1. The first-order valence-corrected chi connectivity index (χ1v) is 3.61. The maximum Gasteiger partial charge on any atom is 0.573 e. The van der Waals surface area contributed by atoms with Crippen molar-refractivity contribution in [3.63, 3.8) is 0 Å². The molecule has 0 atom stereocenters. The fourth-order valence-corrected chi connectivity index (χ4v) is 0.881. The van der Waals surface area contributed by atoms with Gasteiger partial charge in [0.25, 0.3) is 5.91 Å². The molecule has 0 saturated carbocycles. The molecule has 15 heavy (non-hydrogen) atoms. The summed E-state index contributed by atoms with van der Waals surface area (Å²) in [5.41, 5.74) is 9.48. The third-order valence-electron chi connectivity index (χ3n) is 1.42. The van der Waals surface area contributed by atoms with E-state index in [0.29, 0.717) is 0 Å². The van der Waals surface area contributed by atoms with Crippen LogP contribution in [-0.4, -0.2) is 17.3 Å². The summed E-state index contributed by atoms with van der Waals surface area (Å²) < 4.78 is 39.3. The summed E-state index contributed by atoms with van der Waals surface area (Å²) >= 11 is 0. The van der Waals surface area contributed by atoms with Crippen LogP contribution < -0.4 is 16.2 Å². The van der Waals surface area contributed by atoms with Gasteiger partial charge in [0.05, 0.1) is 5.56 Å². The maximum atomic E-state index is 11.9. The normalized spacial score (nSPS) is 11.1. The van der Waals surface area contributed by atoms with Crippen LogP contribution in [0.2, 0.25) is 0 Å². The van der Waals surface area contributed by atoms with Gasteiger partial charge < -0.3 is 16.2 Å². The highest BCUT2D eigenvalue weighted by atomic mass is 19.4. The number of alkyl halides is 3. The molecule has 82 valence electrons. The largest absolute Gasteiger partial charge is 0.573 e. The Hall–Kier alpha value is -1.99. The summed E-state index contributed by atoms with van der Waals surface area (Å²) in [7, 11) is 0. The molecule has 5 nitrogen and oxygen atoms in total. The van der Waals surface area contributed by atoms with Crippen molar-refractivity contribution >= 4 is 11.7 Å². The van der Waals surface area contributed by atoms with E-state index >= 15 is 0 Å². The molecule has 0 saturated heterocycles. The van der Waals surface area contributed by atoms with Crippen LogP contribution in [0.3, 0.4) is 0 Å². The fraction of sp³-hybridized carbons (Fsp3) is 0.143. The Bertz CT molecular complexity index is 392. The summed E-state index contributed by atoms with van der Waals surface area (Å²) in [5, 5.41) is 0. The van der Waals surface area contributed by atoms with E-state index in [9.17, 15) is 18.0 Å². The molecule has 0 aliphatic heterocycles. The van der Waals surface area contributed by atoms with E-state index in [-0.39, 0.29) is 0 Å². The van der Waals surface area contributed by atoms with Gasteiger partial charge >= 0.3 is 6.36 Å². The number of carbonyl (C=O) groups excluding carboxylic acids is 1. The number of carbonyl (C=O) groups is 1. The van der Waals surface area contributed by atoms with Gasteiger partial charge in [0.1, 0.15) is 0 Å². The topological polar surface area (TPSA) is 91.2 Å². The molecule has 0 fully saturated rings. The molecule has 0 radical (unpaired) electrons. The second-order valence-electron chi connectivity index (χ2n) is 2.48. The zero-order valence-corrected chi connectivity index (χ0v) is 7.21. The number of anilines is 1. The van der Waals surface area contributed by atoms with Gasteiger partial charge in [0.15, 0.2) is 11.6 Å². The lowest BCUT2D eigenvalue weighted by Gasteiger charge is -2.12. The Labute approximate surface area is 81.8 Å². The molecular weight excluding hydrogens is 215 g/mol. The average Bonchev–Trinajstić information content (AvgIpc) is 2.05. The van der Waals surface area contributed by atoms with Crippen molar-refractivity contribution in [1.82, 2.24) is 4.98 Å². The molecule has 1 aromatic heterocycles. The Kier molecular flexibility index (Phi) is 2.69. The maximum absolute atomic E-state index is 11.9. The van der Waals surface area contributed by atoms with Crippen LogP contribution in [0.25, 0.3) is 0 Å². The minimum Gasteiger partial charge on any atom is -0.401 e. The molecule has 0 unspecified atom stereocenters. The van der Waals surface area contributed by atoms with Crippen molar-refractivity contribution in [3.05, 3.63) is 17.8 Å². The van der Waals surface area contributed by atoms with Crippen LogP contribution in [0.4, 0.5) is 19.0 Å². The Morgan fingerprint density at radius 3 is 2.53 bits per heavy atom. The molecule has 0 aliphatic carbocycles. The van der Waals surface area contributed by atoms with Gasteiger partial charge in [-0.05, 0) is 6.07 Å². The summed E-state index contributed by atoms with van der Waals surface area (Å²) in [6.07, 6.45) is -3.90. The average molecular weight is 221 g/mol. The highest BCUT2D eigenvalue weighted by Crippen LogP contribution is 2.29. The minimum atomic E-state index is -4.96. The lowest BCUT2D eigenvalue weighted by atomic mass is 10.2. The number of hydrogen-bond acceptors (Lipinski definition) is 4. The monoisotopic (exact) mass is 221 g/mol. The molecule has 1 rings (SSSR count). The van der Waals surface area contributed by atoms with E-state index in [4.69, 9.17) is 11.5 Å². The van der Waals surface area contributed by atoms with E-state index in [1.165, 1.54) is 0 Å². The standard InChI is InChI=1S/C7H6F3N3O2/c8-7(9,10)15-4-3(6(12)14)1-2-13-5(4)11/h1-2H,(H2,11,13)(H2,12,14). The molecule has 0 aliphatic rings. The lowest BCUT2D eigenvalue weighted by molar-refractivity contribution is -0.274. The van der Waals surface area contributed by atoms with E-state index in [1.807, 2.05) is 0 Å². The van der Waals surface area contributed by atoms with Crippen molar-refractivity contribution in [2.45, 2.75) is 6.36 Å². The van der Waals surface area contributed by atoms with Crippen LogP contribution in [0.1, 0.15) is 10.4 Å². The molecule has 0 bridgehead atoms. The molecule has 1 heterocycles. The van der Waals surface area contributed by atoms with Gasteiger partial charge in [0, 0.05) is 6.20 Å². The fourth-order valence-electron chi connectivity index (χ4n) is 0.881. The summed E-state index contributed by atoms with van der Waals surface area (Å²) in [4.78, 5) is 14.1. The second-order valence-corrected chi connectivity index (χ2v) is 2.48. The van der Waals surface area contributed by atoms with Crippen LogP contribution in [-0.2, 0) is 0 Å². The number of rotatable bonds is 2. The number of amides is 1. The molecule has 1 amide bonds. The number of nitrogens with zero attached hydrogens (tertiary/aromatic N) is 1. The Balaban J connectivity index is 3.19. The molecule has 0 aromatic carbocycles. The highest BCUT2D eigenvalue weighted by Gasteiger charge is 2.34. The number of ether oxygens (including phenoxy) is 1. The summed E-state index contributed by atoms with van der Waals surface area (Å²) in [6, 6.07) is 0.986. The minimum absolute atomic E-state index is 0.472. The molecule has 1 aromatic rings. The number of nitrogen functional groups attached to an aromatic ring is 1. The number of nitrogens with two attached hydrogens (primary N) is 2. The smallest absolute Gasteiger partial charge is 0.401 e. The number of halogens is 3. The van der Waals surface area contributed by atoms with Crippen molar-refractivity contribution in [3.8, 4) is 5.75 Å². The van der Waals surface area contributed by atoms with E-state index < -0.39 is 29.4 Å². The first-order chi connectivity index (χ1) is 6.81. The van der Waals surface area contributed by atoms with Gasteiger partial charge in [-0.2, -0.15) is 0 Å². The zero-order valence-electron chi connectivity index (χ0n) is 7.21. The summed E-state index contributed by atoms with van der Waals surface area (Å²) in [6.45, 7) is 0. The predicted molar refractivity (Wildman–Crippen MR) is 43.9 cm³/mol. The molecule has 8 heteroatoms. The van der Waals surface area contributed by atoms with E-state index in [2.05, 4.69) is 9.72 Å². The van der Waals surface area contributed by atoms with Crippen molar-refractivity contribution in [2.24, 2.45) is 5.73 Å². The third-order valence-corrected chi connectivity index (χ3v) is 1.42. The number of aromatic nitrogens is 1. The Morgan fingerprint density at radius 1 is 1.47 bits per heavy atom. The quantitative estimate of drug-likeness (QED) is 0.767. The van der Waals surface area contributed by atoms with Gasteiger partial charge in [-0.1, -0.05) is 0 Å². The van der Waals surface area contributed by atoms with Crippen molar-refractivity contribution in [2.75, 3.05) is 5.73 Å². The van der Waals surface area contributed by atoms with Gasteiger partial charge in [0.2, 0.25) is 0 Å². The second kappa shape index (κ2) is 3.64. The first-order valence-electron chi connectivity index (χ1n) is 3.61. The van der Waals surface area contributed by atoms with E-state index in [0.717, 1.165) is 12.3 Å². The van der Waals surface area contributed by atoms with Crippen LogP contribution in [0.5, 0.6) is 5.75 Å². The summed E-state index contributed by atoms with van der Waals surface area (Å²) in [5.74, 6) is -2.51. The number of primary amides is 1. The lowest BCUT2D eigenvalue weighted by Crippen LogP contribution is -2.22. The molecule has 0 spiro atoms. The molecule has 4 N–H and O–H groups in total. The zero-order chi connectivity index (χ0) is 11.6.